The molecule has 5 atom stereocenters. The van der Waals surface area contributed by atoms with E-state index in [1.54, 1.807) is 0 Å². The van der Waals surface area contributed by atoms with Gasteiger partial charge in [0.05, 0.1) is 0 Å². The smallest absolute Gasteiger partial charge is 0.329 e. The number of nitrogens with two attached hydrogens (primary N) is 1. The van der Waals surface area contributed by atoms with E-state index in [4.69, 9.17) is 5.73 Å². The number of fused-ring (bicyclic) bond motifs is 1. The zero-order chi connectivity index (χ0) is 19.2. The van der Waals surface area contributed by atoms with E-state index in [2.05, 4.69) is 5.32 Å². The summed E-state index contributed by atoms with van der Waals surface area (Å²) in [7, 11) is 0. The van der Waals surface area contributed by atoms with Crippen LogP contribution in [-0.2, 0) is 14.4 Å². The summed E-state index contributed by atoms with van der Waals surface area (Å²) in [6, 6.07) is 2.51. The molecule has 6 N–H and O–H groups in total. The molecule has 0 radical (unpaired) electrons. The molecule has 2 amide bonds. The quantitative estimate of drug-likeness (QED) is 0.416. The molecule has 0 spiro atoms. The number of β-lactam (4-membered cyclic amide) rings is 1. The van der Waals surface area contributed by atoms with Gasteiger partial charge in [0.15, 0.2) is 6.04 Å². The maximum Gasteiger partial charge on any atom is 0.329 e. The number of carbonyl (C=O) groups is 3. The number of amides is 2. The number of phenolic OH excluding ortho intramolecular Hbond substituents is 1. The van der Waals surface area contributed by atoms with Crippen molar-refractivity contribution in [2.24, 2.45) is 5.73 Å². The second kappa shape index (κ2) is 6.45. The van der Waals surface area contributed by atoms with Crippen LogP contribution in [0.3, 0.4) is 0 Å². The molecule has 2 unspecified atom stereocenters. The molecular formula is C16H19N3O6S. The SMILES string of the molecule is CC1(O)CS[C@@H]2[C@H](NC(=O)[C@H](N)c3ccc(O)cc3)C(=O)N2C1C(=O)O. The van der Waals surface area contributed by atoms with E-state index in [1.165, 1.54) is 43.0 Å². The molecule has 0 bridgehead atoms. The van der Waals surface area contributed by atoms with Gasteiger partial charge in [0.1, 0.15) is 28.8 Å². The highest BCUT2D eigenvalue weighted by molar-refractivity contribution is 8.00. The van der Waals surface area contributed by atoms with E-state index in [0.717, 1.165) is 4.90 Å². The number of nitrogens with zero attached hydrogens (tertiary/aromatic N) is 1. The monoisotopic (exact) mass is 381 g/mol. The molecule has 2 fully saturated rings. The number of carboxylic acid groups (broad SMARTS) is 1. The molecule has 0 saturated carbocycles. The van der Waals surface area contributed by atoms with Gasteiger partial charge in [0.25, 0.3) is 0 Å². The molecule has 140 valence electrons. The van der Waals surface area contributed by atoms with E-state index in [1.807, 2.05) is 0 Å². The Labute approximate surface area is 153 Å². The van der Waals surface area contributed by atoms with Crippen LogP contribution in [0.4, 0.5) is 0 Å². The lowest BCUT2D eigenvalue weighted by Gasteiger charge is -2.56. The third-order valence-corrected chi connectivity index (χ3v) is 6.15. The van der Waals surface area contributed by atoms with Crippen LogP contribution in [0, 0.1) is 0 Å². The van der Waals surface area contributed by atoms with Crippen molar-refractivity contribution >= 4 is 29.5 Å². The summed E-state index contributed by atoms with van der Waals surface area (Å²) in [5, 5.41) is 30.9. The topological polar surface area (TPSA) is 153 Å². The number of benzene rings is 1. The number of thioether (sulfide) groups is 1. The van der Waals surface area contributed by atoms with Crippen molar-refractivity contribution in [3.63, 3.8) is 0 Å². The van der Waals surface area contributed by atoms with Gasteiger partial charge in [-0.1, -0.05) is 12.1 Å². The fourth-order valence-corrected chi connectivity index (χ4v) is 4.59. The molecule has 3 rings (SSSR count). The summed E-state index contributed by atoms with van der Waals surface area (Å²) in [4.78, 5) is 37.3. The lowest BCUT2D eigenvalue weighted by atomic mass is 9.91. The number of aromatic hydroxyl groups is 1. The number of hydrogen-bond acceptors (Lipinski definition) is 7. The molecule has 0 aromatic heterocycles. The summed E-state index contributed by atoms with van der Waals surface area (Å²) in [6.45, 7) is 1.37. The highest BCUT2D eigenvalue weighted by Crippen LogP contribution is 2.42. The van der Waals surface area contributed by atoms with Crippen LogP contribution in [0.25, 0.3) is 0 Å². The Balaban J connectivity index is 1.70. The molecule has 1 aromatic rings. The molecule has 10 heteroatoms. The van der Waals surface area contributed by atoms with E-state index >= 15 is 0 Å². The molecule has 1 aromatic carbocycles. The first-order valence-corrected chi connectivity index (χ1v) is 8.92. The predicted octanol–water partition coefficient (Wildman–Crippen LogP) is -1.00. The normalized spacial score (nSPS) is 31.6. The first kappa shape index (κ1) is 18.5. The second-order valence-corrected chi connectivity index (χ2v) is 7.71. The number of nitrogens with one attached hydrogen (secondary N) is 1. The first-order chi connectivity index (χ1) is 12.1. The van der Waals surface area contributed by atoms with Crippen LogP contribution in [0.15, 0.2) is 24.3 Å². The van der Waals surface area contributed by atoms with Gasteiger partial charge in [-0.2, -0.15) is 0 Å². The maximum atomic E-state index is 12.4. The Morgan fingerprint density at radius 2 is 2.00 bits per heavy atom. The van der Waals surface area contributed by atoms with Gasteiger partial charge in [-0.25, -0.2) is 4.79 Å². The molecule has 2 aliphatic heterocycles. The van der Waals surface area contributed by atoms with Crippen molar-refractivity contribution in [1.29, 1.82) is 0 Å². The molecule has 2 aliphatic rings. The number of carbonyl (C=O) groups excluding carboxylic acids is 2. The minimum Gasteiger partial charge on any atom is -0.508 e. The Bertz CT molecular complexity index is 753. The van der Waals surface area contributed by atoms with Crippen molar-refractivity contribution in [2.45, 2.75) is 36.0 Å². The number of rotatable bonds is 4. The van der Waals surface area contributed by atoms with Gasteiger partial charge in [-0.15, -0.1) is 11.8 Å². The lowest BCUT2D eigenvalue weighted by Crippen LogP contribution is -2.79. The highest BCUT2D eigenvalue weighted by Gasteiger charge is 2.61. The molecule has 26 heavy (non-hydrogen) atoms. The van der Waals surface area contributed by atoms with Gasteiger partial charge < -0.3 is 31.3 Å². The predicted molar refractivity (Wildman–Crippen MR) is 92.1 cm³/mol. The van der Waals surface area contributed by atoms with Crippen LogP contribution < -0.4 is 11.1 Å². The van der Waals surface area contributed by atoms with Crippen molar-refractivity contribution in [3.05, 3.63) is 29.8 Å². The van der Waals surface area contributed by atoms with Crippen molar-refractivity contribution in [3.8, 4) is 5.75 Å². The summed E-state index contributed by atoms with van der Waals surface area (Å²) >= 11 is 1.21. The van der Waals surface area contributed by atoms with Crippen LogP contribution >= 0.6 is 11.8 Å². The average molecular weight is 381 g/mol. The largest absolute Gasteiger partial charge is 0.508 e. The maximum absolute atomic E-state index is 12.4. The van der Waals surface area contributed by atoms with Crippen LogP contribution in [0.1, 0.15) is 18.5 Å². The number of carboxylic acids is 1. The number of aliphatic carboxylic acids is 1. The van der Waals surface area contributed by atoms with Crippen LogP contribution in [-0.4, -0.2) is 66.8 Å². The number of aliphatic hydroxyl groups is 1. The third-order valence-electron chi connectivity index (χ3n) is 4.56. The Morgan fingerprint density at radius 3 is 2.58 bits per heavy atom. The summed E-state index contributed by atoms with van der Waals surface area (Å²) < 4.78 is 0. The summed E-state index contributed by atoms with van der Waals surface area (Å²) in [5.41, 5.74) is 4.80. The van der Waals surface area contributed by atoms with Crippen molar-refractivity contribution < 1.29 is 29.7 Å². The third kappa shape index (κ3) is 3.00. The van der Waals surface area contributed by atoms with E-state index in [-0.39, 0.29) is 11.5 Å². The zero-order valence-corrected chi connectivity index (χ0v) is 14.6. The van der Waals surface area contributed by atoms with Gasteiger partial charge in [-0.05, 0) is 24.6 Å². The molecule has 2 heterocycles. The summed E-state index contributed by atoms with van der Waals surface area (Å²) in [5.74, 6) is -2.29. The van der Waals surface area contributed by atoms with Crippen LogP contribution in [0.5, 0.6) is 5.75 Å². The minimum atomic E-state index is -1.56. The Hall–Kier alpha value is -2.30. The molecule has 2 saturated heterocycles. The van der Waals surface area contributed by atoms with Gasteiger partial charge >= 0.3 is 5.97 Å². The van der Waals surface area contributed by atoms with Gasteiger partial charge in [0, 0.05) is 5.75 Å². The van der Waals surface area contributed by atoms with E-state index in [0.29, 0.717) is 5.56 Å². The first-order valence-electron chi connectivity index (χ1n) is 7.87. The average Bonchev–Trinajstić information content (AvgIpc) is 2.58. The Kier molecular flexibility index (Phi) is 4.59. The lowest BCUT2D eigenvalue weighted by molar-refractivity contribution is -0.174. The number of hydrogen-bond donors (Lipinski definition) is 5. The summed E-state index contributed by atoms with van der Waals surface area (Å²) in [6.07, 6.45) is 0. The molecule has 0 aliphatic carbocycles. The molecular weight excluding hydrogens is 362 g/mol. The van der Waals surface area contributed by atoms with E-state index < -0.39 is 46.9 Å². The van der Waals surface area contributed by atoms with Crippen molar-refractivity contribution in [1.82, 2.24) is 10.2 Å². The van der Waals surface area contributed by atoms with Gasteiger partial charge in [0.2, 0.25) is 11.8 Å². The Morgan fingerprint density at radius 1 is 1.38 bits per heavy atom. The highest BCUT2D eigenvalue weighted by atomic mass is 32.2. The fraction of sp³-hybridized carbons (Fsp3) is 0.438. The van der Waals surface area contributed by atoms with Crippen LogP contribution in [0.2, 0.25) is 0 Å². The molecule has 9 nitrogen and oxygen atoms in total. The fourth-order valence-electron chi connectivity index (χ4n) is 3.16. The van der Waals surface area contributed by atoms with E-state index in [9.17, 15) is 29.7 Å². The standard InChI is InChI=1S/C16H19N3O6S/c1-16(25)6-26-14-10(13(22)19(14)11(16)15(23)24)18-12(21)9(17)7-2-4-8(20)5-3-7/h2-5,9-11,14,20,25H,6,17H2,1H3,(H,18,21)(H,23,24)/t9-,10-,11?,14-,16?/m1/s1. The second-order valence-electron chi connectivity index (χ2n) is 6.60. The number of phenols is 1. The van der Waals surface area contributed by atoms with Gasteiger partial charge in [-0.3, -0.25) is 9.59 Å². The zero-order valence-electron chi connectivity index (χ0n) is 13.8. The minimum absolute atomic E-state index is 0.0385. The van der Waals surface area contributed by atoms with Crippen molar-refractivity contribution in [2.75, 3.05) is 5.75 Å².